The van der Waals surface area contributed by atoms with E-state index in [-0.39, 0.29) is 5.91 Å². The number of likely N-dealkylation sites (N-methyl/N-ethyl adjacent to an activating group) is 1. The lowest BCUT2D eigenvalue weighted by Crippen LogP contribution is -2.30. The fraction of sp³-hybridized carbons (Fsp3) is 0.238. The summed E-state index contributed by atoms with van der Waals surface area (Å²) in [5, 5.41) is 0. The van der Waals surface area contributed by atoms with Crippen LogP contribution in [0.2, 0.25) is 0 Å². The molecule has 27 heavy (non-hydrogen) atoms. The third kappa shape index (κ3) is 5.34. The second-order valence-electron chi connectivity index (χ2n) is 5.90. The van der Waals surface area contributed by atoms with Gasteiger partial charge in [-0.2, -0.15) is 0 Å². The van der Waals surface area contributed by atoms with Crippen molar-refractivity contribution in [3.05, 3.63) is 65.7 Å². The van der Waals surface area contributed by atoms with Crippen LogP contribution in [0.1, 0.15) is 17.2 Å². The van der Waals surface area contributed by atoms with Crippen molar-refractivity contribution < 1.29 is 23.8 Å². The highest BCUT2D eigenvalue weighted by molar-refractivity contribution is 5.91. The number of rotatable bonds is 7. The van der Waals surface area contributed by atoms with Crippen molar-refractivity contribution >= 4 is 18.0 Å². The maximum atomic E-state index is 12.4. The van der Waals surface area contributed by atoms with Crippen LogP contribution in [0.25, 0.3) is 6.08 Å². The second kappa shape index (κ2) is 9.43. The first-order chi connectivity index (χ1) is 13.0. The van der Waals surface area contributed by atoms with Gasteiger partial charge in [-0.25, -0.2) is 4.79 Å². The van der Waals surface area contributed by atoms with Crippen LogP contribution >= 0.6 is 0 Å². The summed E-state index contributed by atoms with van der Waals surface area (Å²) in [6.45, 7) is 0. The molecule has 0 aliphatic rings. The van der Waals surface area contributed by atoms with Crippen molar-refractivity contribution in [2.75, 3.05) is 28.3 Å². The number of ether oxygens (including phenoxy) is 3. The number of hydrogen-bond donors (Lipinski definition) is 0. The molecule has 0 saturated carbocycles. The highest BCUT2D eigenvalue weighted by atomic mass is 16.5. The van der Waals surface area contributed by atoms with Crippen LogP contribution in [0.5, 0.6) is 11.5 Å². The maximum Gasteiger partial charge on any atom is 0.331 e. The Balaban J connectivity index is 2.18. The molecule has 0 saturated heterocycles. The normalized spacial score (nSPS) is 11.7. The minimum absolute atomic E-state index is 0.315. The molecular weight excluding hydrogens is 346 g/mol. The van der Waals surface area contributed by atoms with E-state index in [0.29, 0.717) is 22.6 Å². The van der Waals surface area contributed by atoms with E-state index in [9.17, 15) is 9.59 Å². The molecule has 1 atom stereocenters. The molecular formula is C21H23NO5. The third-order valence-electron chi connectivity index (χ3n) is 3.84. The zero-order valence-corrected chi connectivity index (χ0v) is 15.8. The molecule has 0 heterocycles. The minimum atomic E-state index is -1.00. The Kier molecular flexibility index (Phi) is 7.00. The van der Waals surface area contributed by atoms with Gasteiger partial charge in [0.25, 0.3) is 5.91 Å². The van der Waals surface area contributed by atoms with Crippen molar-refractivity contribution in [2.45, 2.75) is 6.10 Å². The van der Waals surface area contributed by atoms with Gasteiger partial charge >= 0.3 is 5.97 Å². The summed E-state index contributed by atoms with van der Waals surface area (Å²) in [4.78, 5) is 26.1. The number of hydrogen-bond acceptors (Lipinski definition) is 5. The number of esters is 1. The first-order valence-electron chi connectivity index (χ1n) is 8.33. The molecule has 142 valence electrons. The van der Waals surface area contributed by atoms with Gasteiger partial charge in [-0.05, 0) is 18.2 Å². The van der Waals surface area contributed by atoms with E-state index in [2.05, 4.69) is 0 Å². The summed E-state index contributed by atoms with van der Waals surface area (Å²) >= 11 is 0. The SMILES string of the molecule is COc1ccc(/C=C/C(=O)O[C@H](C(=O)N(C)C)c2ccccc2)c(OC)c1. The van der Waals surface area contributed by atoms with Crippen LogP contribution in [-0.2, 0) is 14.3 Å². The van der Waals surface area contributed by atoms with Gasteiger partial charge in [-0.15, -0.1) is 0 Å². The molecule has 0 radical (unpaired) electrons. The third-order valence-corrected chi connectivity index (χ3v) is 3.84. The standard InChI is InChI=1S/C21H23NO5/c1-22(2)21(24)20(16-8-6-5-7-9-16)27-19(23)13-11-15-10-12-17(25-3)14-18(15)26-4/h5-14,20H,1-4H3/b13-11+/t20-/m0/s1. The van der Waals surface area contributed by atoms with Crippen LogP contribution in [0.3, 0.4) is 0 Å². The van der Waals surface area contributed by atoms with E-state index in [4.69, 9.17) is 14.2 Å². The number of nitrogens with zero attached hydrogens (tertiary/aromatic N) is 1. The van der Waals surface area contributed by atoms with Crippen LogP contribution in [0, 0.1) is 0 Å². The molecule has 0 fully saturated rings. The molecule has 0 aliphatic heterocycles. The second-order valence-corrected chi connectivity index (χ2v) is 5.90. The van der Waals surface area contributed by atoms with Gasteiger partial charge in [-0.1, -0.05) is 30.3 Å². The van der Waals surface area contributed by atoms with E-state index >= 15 is 0 Å². The average molecular weight is 369 g/mol. The number of carbonyl (C=O) groups excluding carboxylic acids is 2. The first-order valence-corrected chi connectivity index (χ1v) is 8.33. The fourth-order valence-electron chi connectivity index (χ4n) is 2.39. The van der Waals surface area contributed by atoms with Crippen LogP contribution in [0.15, 0.2) is 54.6 Å². The molecule has 0 aliphatic carbocycles. The monoisotopic (exact) mass is 369 g/mol. The summed E-state index contributed by atoms with van der Waals surface area (Å²) in [5.74, 6) is 0.261. The number of amides is 1. The Bertz CT molecular complexity index is 815. The van der Waals surface area contributed by atoms with Crippen molar-refractivity contribution in [2.24, 2.45) is 0 Å². The lowest BCUT2D eigenvalue weighted by molar-refractivity contribution is -0.155. The zero-order chi connectivity index (χ0) is 19.8. The molecule has 2 aromatic rings. The Morgan fingerprint density at radius 3 is 2.30 bits per heavy atom. The smallest absolute Gasteiger partial charge is 0.331 e. The molecule has 0 bridgehead atoms. The van der Waals surface area contributed by atoms with Crippen LogP contribution < -0.4 is 9.47 Å². The van der Waals surface area contributed by atoms with Crippen molar-refractivity contribution in [3.8, 4) is 11.5 Å². The van der Waals surface area contributed by atoms with Gasteiger partial charge in [0.05, 0.1) is 14.2 Å². The Morgan fingerprint density at radius 2 is 1.70 bits per heavy atom. The number of carbonyl (C=O) groups is 2. The largest absolute Gasteiger partial charge is 0.497 e. The van der Waals surface area contributed by atoms with Gasteiger partial charge in [0.15, 0.2) is 0 Å². The van der Waals surface area contributed by atoms with Crippen molar-refractivity contribution in [1.82, 2.24) is 4.90 Å². The molecule has 0 aromatic heterocycles. The predicted molar refractivity (Wildman–Crippen MR) is 103 cm³/mol. The Morgan fingerprint density at radius 1 is 1.00 bits per heavy atom. The fourth-order valence-corrected chi connectivity index (χ4v) is 2.39. The van der Waals surface area contributed by atoms with Crippen LogP contribution in [-0.4, -0.2) is 45.1 Å². The Hall–Kier alpha value is -3.28. The van der Waals surface area contributed by atoms with Gasteiger partial charge in [-0.3, -0.25) is 4.79 Å². The van der Waals surface area contributed by atoms with E-state index in [1.54, 1.807) is 69.7 Å². The topological polar surface area (TPSA) is 65.1 Å². The van der Waals surface area contributed by atoms with E-state index in [0.717, 1.165) is 0 Å². The number of benzene rings is 2. The van der Waals surface area contributed by atoms with Gasteiger partial charge in [0.2, 0.25) is 6.10 Å². The molecule has 2 rings (SSSR count). The molecule has 6 heteroatoms. The summed E-state index contributed by atoms with van der Waals surface area (Å²) in [6.07, 6.45) is 1.84. The molecule has 0 N–H and O–H groups in total. The molecule has 1 amide bonds. The summed E-state index contributed by atoms with van der Waals surface area (Å²) < 4.78 is 15.9. The summed E-state index contributed by atoms with van der Waals surface area (Å²) in [6, 6.07) is 14.1. The molecule has 2 aromatic carbocycles. The summed E-state index contributed by atoms with van der Waals surface area (Å²) in [7, 11) is 6.33. The van der Waals surface area contributed by atoms with E-state index < -0.39 is 12.1 Å². The Labute approximate surface area is 159 Å². The highest BCUT2D eigenvalue weighted by Gasteiger charge is 2.25. The predicted octanol–water partition coefficient (Wildman–Crippen LogP) is 3.09. The maximum absolute atomic E-state index is 12.4. The summed E-state index contributed by atoms with van der Waals surface area (Å²) in [5.41, 5.74) is 1.30. The molecule has 6 nitrogen and oxygen atoms in total. The van der Waals surface area contributed by atoms with E-state index in [1.165, 1.54) is 18.1 Å². The first kappa shape index (κ1) is 20.0. The average Bonchev–Trinajstić information content (AvgIpc) is 2.70. The quantitative estimate of drug-likeness (QED) is 0.554. The lowest BCUT2D eigenvalue weighted by Gasteiger charge is -2.20. The van der Waals surface area contributed by atoms with Crippen LogP contribution in [0.4, 0.5) is 0 Å². The van der Waals surface area contributed by atoms with Crippen molar-refractivity contribution in [3.63, 3.8) is 0 Å². The van der Waals surface area contributed by atoms with E-state index in [1.807, 2.05) is 6.07 Å². The molecule has 0 spiro atoms. The lowest BCUT2D eigenvalue weighted by atomic mass is 10.1. The zero-order valence-electron chi connectivity index (χ0n) is 15.8. The van der Waals surface area contributed by atoms with Gasteiger partial charge < -0.3 is 19.1 Å². The minimum Gasteiger partial charge on any atom is -0.497 e. The van der Waals surface area contributed by atoms with Crippen molar-refractivity contribution in [1.29, 1.82) is 0 Å². The number of methoxy groups -OCH3 is 2. The van der Waals surface area contributed by atoms with Gasteiger partial charge in [0.1, 0.15) is 11.5 Å². The molecule has 0 unspecified atom stereocenters. The highest BCUT2D eigenvalue weighted by Crippen LogP contribution is 2.26. The van der Waals surface area contributed by atoms with Gasteiger partial charge in [0, 0.05) is 37.4 Å².